The van der Waals surface area contributed by atoms with Crippen LogP contribution >= 0.6 is 0 Å². The first-order valence-electron chi connectivity index (χ1n) is 5.69. The van der Waals surface area contributed by atoms with Gasteiger partial charge in [0, 0.05) is 7.05 Å². The Labute approximate surface area is 104 Å². The van der Waals surface area contributed by atoms with Crippen LogP contribution in [0.3, 0.4) is 0 Å². The third kappa shape index (κ3) is 2.13. The fourth-order valence-corrected chi connectivity index (χ4v) is 1.89. The van der Waals surface area contributed by atoms with Gasteiger partial charge >= 0.3 is 0 Å². The van der Waals surface area contributed by atoms with E-state index < -0.39 is 17.7 Å². The molecular formula is C13H14F2N2O. The smallest absolute Gasteiger partial charge is 0.132 e. The standard InChI is InChI=1S/C13H14F2N2O/c1-3-8-7-11(17(2)16-8)13(18)12-9(14)5-4-6-10(12)15/h4-7,13,18H,3H2,1-2H3. The molecule has 18 heavy (non-hydrogen) atoms. The molecule has 1 heterocycles. The average Bonchev–Trinajstić information content (AvgIpc) is 2.70. The summed E-state index contributed by atoms with van der Waals surface area (Å²) < 4.78 is 28.6. The van der Waals surface area contributed by atoms with Crippen molar-refractivity contribution >= 4 is 0 Å². The van der Waals surface area contributed by atoms with Gasteiger partial charge < -0.3 is 5.11 Å². The molecule has 0 amide bonds. The first-order chi connectivity index (χ1) is 8.54. The van der Waals surface area contributed by atoms with Crippen molar-refractivity contribution in [2.24, 2.45) is 7.05 Å². The summed E-state index contributed by atoms with van der Waals surface area (Å²) in [5.41, 5.74) is 0.794. The van der Waals surface area contributed by atoms with Crippen LogP contribution in [0.5, 0.6) is 0 Å². The van der Waals surface area contributed by atoms with E-state index in [2.05, 4.69) is 5.10 Å². The Bertz CT molecular complexity index is 546. The maximum Gasteiger partial charge on any atom is 0.132 e. The largest absolute Gasteiger partial charge is 0.382 e. The van der Waals surface area contributed by atoms with Crippen molar-refractivity contribution in [3.8, 4) is 0 Å². The Morgan fingerprint density at radius 1 is 1.33 bits per heavy atom. The van der Waals surface area contributed by atoms with E-state index in [9.17, 15) is 13.9 Å². The molecule has 5 heteroatoms. The first-order valence-corrected chi connectivity index (χ1v) is 5.69. The summed E-state index contributed by atoms with van der Waals surface area (Å²) in [5.74, 6) is -1.52. The molecule has 2 rings (SSSR count). The molecule has 2 aromatic rings. The lowest BCUT2D eigenvalue weighted by Crippen LogP contribution is -2.10. The minimum Gasteiger partial charge on any atom is -0.382 e. The third-order valence-corrected chi connectivity index (χ3v) is 2.88. The number of aliphatic hydroxyl groups is 1. The van der Waals surface area contributed by atoms with Crippen LogP contribution in [0.2, 0.25) is 0 Å². The van der Waals surface area contributed by atoms with E-state index in [1.807, 2.05) is 6.92 Å². The van der Waals surface area contributed by atoms with Crippen molar-refractivity contribution in [3.63, 3.8) is 0 Å². The summed E-state index contributed by atoms with van der Waals surface area (Å²) in [6, 6.07) is 5.16. The Morgan fingerprint density at radius 2 is 1.94 bits per heavy atom. The molecule has 0 spiro atoms. The lowest BCUT2D eigenvalue weighted by atomic mass is 10.0. The SMILES string of the molecule is CCc1cc(C(O)c2c(F)cccc2F)n(C)n1. The van der Waals surface area contributed by atoms with Crippen molar-refractivity contribution < 1.29 is 13.9 Å². The second kappa shape index (κ2) is 4.86. The number of hydrogen-bond acceptors (Lipinski definition) is 2. The highest BCUT2D eigenvalue weighted by molar-refractivity contribution is 5.29. The van der Waals surface area contributed by atoms with Crippen molar-refractivity contribution in [2.45, 2.75) is 19.4 Å². The highest BCUT2D eigenvalue weighted by Gasteiger charge is 2.22. The molecule has 0 saturated heterocycles. The number of benzene rings is 1. The molecule has 1 N–H and O–H groups in total. The van der Waals surface area contributed by atoms with E-state index in [-0.39, 0.29) is 5.56 Å². The summed E-state index contributed by atoms with van der Waals surface area (Å²) >= 11 is 0. The Hall–Kier alpha value is -1.75. The van der Waals surface area contributed by atoms with E-state index in [4.69, 9.17) is 0 Å². The number of nitrogens with zero attached hydrogens (tertiary/aromatic N) is 2. The normalized spacial score (nSPS) is 12.7. The topological polar surface area (TPSA) is 38.0 Å². The number of aliphatic hydroxyl groups excluding tert-OH is 1. The zero-order valence-electron chi connectivity index (χ0n) is 10.2. The first kappa shape index (κ1) is 12.7. The van der Waals surface area contributed by atoms with E-state index in [1.54, 1.807) is 13.1 Å². The highest BCUT2D eigenvalue weighted by atomic mass is 19.1. The predicted octanol–water partition coefficient (Wildman–Crippen LogP) is 2.34. The molecule has 0 radical (unpaired) electrons. The van der Waals surface area contributed by atoms with Crippen molar-refractivity contribution in [2.75, 3.05) is 0 Å². The van der Waals surface area contributed by atoms with Gasteiger partial charge in [0.1, 0.15) is 17.7 Å². The minimum atomic E-state index is -1.36. The lowest BCUT2D eigenvalue weighted by molar-refractivity contribution is 0.199. The van der Waals surface area contributed by atoms with Crippen LogP contribution in [0.1, 0.15) is 30.0 Å². The van der Waals surface area contributed by atoms with Crippen LogP contribution in [0.4, 0.5) is 8.78 Å². The lowest BCUT2D eigenvalue weighted by Gasteiger charge is -2.12. The fourth-order valence-electron chi connectivity index (χ4n) is 1.89. The molecule has 1 aromatic carbocycles. The molecule has 3 nitrogen and oxygen atoms in total. The van der Waals surface area contributed by atoms with Crippen LogP contribution < -0.4 is 0 Å². The Kier molecular flexibility index (Phi) is 3.43. The molecule has 0 aliphatic rings. The number of aromatic nitrogens is 2. The summed E-state index contributed by atoms with van der Waals surface area (Å²) in [6.07, 6.45) is -0.663. The number of rotatable bonds is 3. The molecular weight excluding hydrogens is 238 g/mol. The second-order valence-corrected chi connectivity index (χ2v) is 4.08. The van der Waals surface area contributed by atoms with E-state index in [1.165, 1.54) is 10.7 Å². The van der Waals surface area contributed by atoms with Gasteiger partial charge in [-0.25, -0.2) is 8.78 Å². The molecule has 96 valence electrons. The quantitative estimate of drug-likeness (QED) is 0.910. The Balaban J connectivity index is 2.47. The van der Waals surface area contributed by atoms with Gasteiger partial charge in [0.2, 0.25) is 0 Å². The van der Waals surface area contributed by atoms with Gasteiger partial charge in [0.25, 0.3) is 0 Å². The second-order valence-electron chi connectivity index (χ2n) is 4.08. The summed E-state index contributed by atoms with van der Waals surface area (Å²) in [5, 5.41) is 14.2. The number of halogens is 2. The van der Waals surface area contributed by atoms with Gasteiger partial charge in [0.05, 0.1) is 17.0 Å². The summed E-state index contributed by atoms with van der Waals surface area (Å²) in [4.78, 5) is 0. The average molecular weight is 252 g/mol. The third-order valence-electron chi connectivity index (χ3n) is 2.88. The van der Waals surface area contributed by atoms with Crippen LogP contribution in [-0.2, 0) is 13.5 Å². The maximum atomic E-state index is 13.6. The monoisotopic (exact) mass is 252 g/mol. The van der Waals surface area contributed by atoms with E-state index in [0.29, 0.717) is 12.1 Å². The van der Waals surface area contributed by atoms with Gasteiger partial charge in [0.15, 0.2) is 0 Å². The van der Waals surface area contributed by atoms with E-state index in [0.717, 1.165) is 17.8 Å². The van der Waals surface area contributed by atoms with Crippen LogP contribution in [-0.4, -0.2) is 14.9 Å². The van der Waals surface area contributed by atoms with E-state index >= 15 is 0 Å². The van der Waals surface area contributed by atoms with Crippen molar-refractivity contribution in [1.29, 1.82) is 0 Å². The molecule has 1 atom stereocenters. The minimum absolute atomic E-state index is 0.344. The molecule has 0 fully saturated rings. The van der Waals surface area contributed by atoms with Crippen LogP contribution in [0.15, 0.2) is 24.3 Å². The zero-order valence-corrected chi connectivity index (χ0v) is 10.2. The van der Waals surface area contributed by atoms with Crippen LogP contribution in [0, 0.1) is 11.6 Å². The molecule has 0 bridgehead atoms. The maximum absolute atomic E-state index is 13.6. The fraction of sp³-hybridized carbons (Fsp3) is 0.308. The number of aryl methyl sites for hydroxylation is 2. The number of hydrogen-bond donors (Lipinski definition) is 1. The van der Waals surface area contributed by atoms with Gasteiger partial charge in [-0.15, -0.1) is 0 Å². The van der Waals surface area contributed by atoms with Gasteiger partial charge in [-0.1, -0.05) is 13.0 Å². The van der Waals surface area contributed by atoms with Crippen molar-refractivity contribution in [1.82, 2.24) is 9.78 Å². The zero-order chi connectivity index (χ0) is 13.3. The van der Waals surface area contributed by atoms with Gasteiger partial charge in [-0.05, 0) is 24.6 Å². The molecule has 1 aromatic heterocycles. The van der Waals surface area contributed by atoms with Gasteiger partial charge in [-0.3, -0.25) is 4.68 Å². The predicted molar refractivity (Wildman–Crippen MR) is 63.0 cm³/mol. The summed E-state index contributed by atoms with van der Waals surface area (Å²) in [7, 11) is 1.64. The molecule has 0 aliphatic heterocycles. The van der Waals surface area contributed by atoms with Crippen LogP contribution in [0.25, 0.3) is 0 Å². The molecule has 0 saturated carbocycles. The highest BCUT2D eigenvalue weighted by Crippen LogP contribution is 2.26. The van der Waals surface area contributed by atoms with Crippen molar-refractivity contribution in [3.05, 3.63) is 52.9 Å². The van der Waals surface area contributed by atoms with Gasteiger partial charge in [-0.2, -0.15) is 5.10 Å². The summed E-state index contributed by atoms with van der Waals surface area (Å²) in [6.45, 7) is 1.92. The molecule has 1 unspecified atom stereocenters. The Morgan fingerprint density at radius 3 is 2.44 bits per heavy atom. The molecule has 0 aliphatic carbocycles.